The molecule has 3 heteroatoms. The lowest BCUT2D eigenvalue weighted by molar-refractivity contribution is 0.171. The van der Waals surface area contributed by atoms with E-state index in [1.807, 2.05) is 6.07 Å². The molecule has 0 saturated carbocycles. The molecule has 0 amide bonds. The Morgan fingerprint density at radius 1 is 0.828 bits per heavy atom. The molecule has 0 unspecified atom stereocenters. The van der Waals surface area contributed by atoms with E-state index in [4.69, 9.17) is 10.2 Å². The number of hydrogen-bond donors (Lipinski definition) is 1. The van der Waals surface area contributed by atoms with Gasteiger partial charge < -0.3 is 10.2 Å². The highest BCUT2D eigenvalue weighted by atomic mass is 28.4. The van der Waals surface area contributed by atoms with E-state index in [1.54, 1.807) is 0 Å². The summed E-state index contributed by atoms with van der Waals surface area (Å²) in [6, 6.07) is 28.1. The highest BCUT2D eigenvalue weighted by Crippen LogP contribution is 2.39. The first-order chi connectivity index (χ1) is 13.9. The Bertz CT molecular complexity index is 924. The van der Waals surface area contributed by atoms with Crippen molar-refractivity contribution in [3.8, 4) is 0 Å². The Kier molecular flexibility index (Phi) is 5.37. The van der Waals surface area contributed by atoms with Gasteiger partial charge in [0.2, 0.25) is 0 Å². The third-order valence-corrected chi connectivity index (χ3v) is 11.3. The SMILES string of the molecule is CC(C)(C)[Si](O[C@@H]1CCc2cccc(N)c2C1)(c1ccccc1)c1ccccc1. The van der Waals surface area contributed by atoms with Gasteiger partial charge in [-0.25, -0.2) is 0 Å². The minimum Gasteiger partial charge on any atom is -0.404 e. The van der Waals surface area contributed by atoms with Crippen LogP contribution in [0.25, 0.3) is 0 Å². The molecule has 0 spiro atoms. The van der Waals surface area contributed by atoms with Crippen LogP contribution in [0, 0.1) is 0 Å². The van der Waals surface area contributed by atoms with Crippen LogP contribution in [0.5, 0.6) is 0 Å². The highest BCUT2D eigenvalue weighted by molar-refractivity contribution is 6.99. The first-order valence-electron chi connectivity index (χ1n) is 10.6. The van der Waals surface area contributed by atoms with E-state index in [9.17, 15) is 0 Å². The Hall–Kier alpha value is -2.36. The molecule has 2 N–H and O–H groups in total. The number of nitrogen functional groups attached to an aromatic ring is 1. The van der Waals surface area contributed by atoms with Crippen LogP contribution in [-0.4, -0.2) is 14.4 Å². The van der Waals surface area contributed by atoms with Gasteiger partial charge in [-0.3, -0.25) is 0 Å². The van der Waals surface area contributed by atoms with Gasteiger partial charge in [0.15, 0.2) is 0 Å². The fourth-order valence-electron chi connectivity index (χ4n) is 4.83. The van der Waals surface area contributed by atoms with Crippen molar-refractivity contribution in [3.63, 3.8) is 0 Å². The third kappa shape index (κ3) is 3.65. The fourth-order valence-corrected chi connectivity index (χ4v) is 9.54. The molecule has 2 nitrogen and oxygen atoms in total. The summed E-state index contributed by atoms with van der Waals surface area (Å²) < 4.78 is 7.31. The smallest absolute Gasteiger partial charge is 0.261 e. The summed E-state index contributed by atoms with van der Waals surface area (Å²) in [5.74, 6) is 0. The number of hydrogen-bond acceptors (Lipinski definition) is 2. The minimum absolute atomic E-state index is 0.00177. The molecular weight excluding hydrogens is 370 g/mol. The first-order valence-corrected chi connectivity index (χ1v) is 12.5. The Morgan fingerprint density at radius 3 is 1.97 bits per heavy atom. The van der Waals surface area contributed by atoms with Crippen LogP contribution in [0.4, 0.5) is 5.69 Å². The number of rotatable bonds is 4. The van der Waals surface area contributed by atoms with Gasteiger partial charge in [-0.15, -0.1) is 0 Å². The average Bonchev–Trinajstić information content (AvgIpc) is 2.73. The molecule has 0 aliphatic heterocycles. The molecule has 0 aromatic heterocycles. The van der Waals surface area contributed by atoms with Gasteiger partial charge in [-0.1, -0.05) is 93.6 Å². The second-order valence-electron chi connectivity index (χ2n) is 9.13. The minimum atomic E-state index is -2.52. The summed E-state index contributed by atoms with van der Waals surface area (Å²) in [7, 11) is -2.52. The van der Waals surface area contributed by atoms with Gasteiger partial charge in [0, 0.05) is 5.69 Å². The zero-order valence-electron chi connectivity index (χ0n) is 17.7. The second kappa shape index (κ2) is 7.81. The zero-order valence-corrected chi connectivity index (χ0v) is 18.7. The lowest BCUT2D eigenvalue weighted by atomic mass is 9.89. The first kappa shape index (κ1) is 19.9. The lowest BCUT2D eigenvalue weighted by Crippen LogP contribution is -2.68. The molecule has 0 radical (unpaired) electrons. The molecule has 3 aromatic rings. The molecule has 150 valence electrons. The predicted octanol–water partition coefficient (Wildman–Crippen LogP) is 4.70. The van der Waals surface area contributed by atoms with Crippen molar-refractivity contribution < 1.29 is 4.43 Å². The van der Waals surface area contributed by atoms with Gasteiger partial charge >= 0.3 is 0 Å². The maximum atomic E-state index is 7.31. The molecule has 3 aromatic carbocycles. The molecule has 0 saturated heterocycles. The van der Waals surface area contributed by atoms with Crippen molar-refractivity contribution in [2.24, 2.45) is 0 Å². The summed E-state index contributed by atoms with van der Waals surface area (Å²) >= 11 is 0. The topological polar surface area (TPSA) is 35.2 Å². The molecule has 4 rings (SSSR count). The van der Waals surface area contributed by atoms with E-state index in [2.05, 4.69) is 93.6 Å². The van der Waals surface area contributed by atoms with Gasteiger partial charge in [0.25, 0.3) is 8.32 Å². The quantitative estimate of drug-likeness (QED) is 0.508. The Balaban J connectivity index is 1.81. The number of fused-ring (bicyclic) bond motifs is 1. The largest absolute Gasteiger partial charge is 0.404 e. The number of nitrogens with two attached hydrogens (primary N) is 1. The van der Waals surface area contributed by atoms with Crippen LogP contribution >= 0.6 is 0 Å². The number of benzene rings is 3. The summed E-state index contributed by atoms with van der Waals surface area (Å²) in [6.07, 6.45) is 3.15. The third-order valence-electron chi connectivity index (χ3n) is 6.24. The van der Waals surface area contributed by atoms with E-state index < -0.39 is 8.32 Å². The predicted molar refractivity (Wildman–Crippen MR) is 125 cm³/mol. The van der Waals surface area contributed by atoms with Gasteiger partial charge in [-0.05, 0) is 51.9 Å². The van der Waals surface area contributed by atoms with E-state index in [0.29, 0.717) is 0 Å². The van der Waals surface area contributed by atoms with Crippen LogP contribution in [0.2, 0.25) is 5.04 Å². The van der Waals surface area contributed by atoms with E-state index in [0.717, 1.165) is 24.9 Å². The summed E-state index contributed by atoms with van der Waals surface area (Å²) in [5, 5.41) is 2.68. The number of anilines is 1. The standard InChI is InChI=1S/C26H31NOSi/c1-26(2,3)29(22-12-6-4-7-13-22,23-14-8-5-9-15-23)28-21-18-17-20-11-10-16-25(27)24(20)19-21/h4-16,21H,17-19,27H2,1-3H3/t21-/m1/s1. The Labute approximate surface area is 175 Å². The van der Waals surface area contributed by atoms with Crippen LogP contribution in [0.15, 0.2) is 78.9 Å². The molecule has 0 heterocycles. The van der Waals surface area contributed by atoms with Crippen molar-refractivity contribution in [2.45, 2.75) is 51.2 Å². The van der Waals surface area contributed by atoms with Crippen LogP contribution in [0.1, 0.15) is 38.3 Å². The highest BCUT2D eigenvalue weighted by Gasteiger charge is 2.51. The molecule has 29 heavy (non-hydrogen) atoms. The van der Waals surface area contributed by atoms with Crippen molar-refractivity contribution in [1.82, 2.24) is 0 Å². The van der Waals surface area contributed by atoms with E-state index >= 15 is 0 Å². The molecule has 1 atom stereocenters. The van der Waals surface area contributed by atoms with Gasteiger partial charge in [0.1, 0.15) is 0 Å². The molecule has 0 bridgehead atoms. The number of aryl methyl sites for hydroxylation is 1. The average molecular weight is 402 g/mol. The molecule has 0 fully saturated rings. The summed E-state index contributed by atoms with van der Waals surface area (Å²) in [6.45, 7) is 7.01. The van der Waals surface area contributed by atoms with Gasteiger partial charge in [-0.2, -0.15) is 0 Å². The fraction of sp³-hybridized carbons (Fsp3) is 0.308. The second-order valence-corrected chi connectivity index (χ2v) is 13.4. The zero-order chi connectivity index (χ0) is 20.5. The van der Waals surface area contributed by atoms with Gasteiger partial charge in [0.05, 0.1) is 6.10 Å². The van der Waals surface area contributed by atoms with E-state index in [-0.39, 0.29) is 11.1 Å². The van der Waals surface area contributed by atoms with Crippen molar-refractivity contribution in [1.29, 1.82) is 0 Å². The lowest BCUT2D eigenvalue weighted by Gasteiger charge is -2.46. The monoisotopic (exact) mass is 401 g/mol. The molecular formula is C26H31NOSi. The van der Waals surface area contributed by atoms with Crippen LogP contribution < -0.4 is 16.1 Å². The normalized spacial score (nSPS) is 17.0. The van der Waals surface area contributed by atoms with Crippen molar-refractivity contribution in [2.75, 3.05) is 5.73 Å². The summed E-state index contributed by atoms with van der Waals surface area (Å²) in [4.78, 5) is 0. The van der Waals surface area contributed by atoms with Crippen molar-refractivity contribution >= 4 is 24.4 Å². The molecule has 1 aliphatic carbocycles. The Morgan fingerprint density at radius 2 is 1.41 bits per heavy atom. The van der Waals surface area contributed by atoms with Crippen LogP contribution in [0.3, 0.4) is 0 Å². The van der Waals surface area contributed by atoms with E-state index in [1.165, 1.54) is 21.5 Å². The maximum absolute atomic E-state index is 7.31. The van der Waals surface area contributed by atoms with Crippen LogP contribution in [-0.2, 0) is 17.3 Å². The maximum Gasteiger partial charge on any atom is 0.261 e. The summed E-state index contributed by atoms with van der Waals surface area (Å²) in [5.41, 5.74) is 9.89. The van der Waals surface area contributed by atoms with Crippen molar-refractivity contribution in [3.05, 3.63) is 90.0 Å². The molecule has 1 aliphatic rings.